The summed E-state index contributed by atoms with van der Waals surface area (Å²) >= 11 is 0. The van der Waals surface area contributed by atoms with Gasteiger partial charge in [-0.3, -0.25) is 4.68 Å². The van der Waals surface area contributed by atoms with Crippen LogP contribution < -0.4 is 4.90 Å². The van der Waals surface area contributed by atoms with Crippen LogP contribution in [0.1, 0.15) is 19.3 Å². The Morgan fingerprint density at radius 3 is 3.11 bits per heavy atom. The van der Waals surface area contributed by atoms with Crippen LogP contribution in [-0.2, 0) is 7.05 Å². The molecule has 0 aliphatic carbocycles. The summed E-state index contributed by atoms with van der Waals surface area (Å²) in [7, 11) is 1.87. The molecule has 1 aliphatic heterocycles. The van der Waals surface area contributed by atoms with E-state index in [-0.39, 0.29) is 12.6 Å². The number of aromatic nitrogens is 4. The van der Waals surface area contributed by atoms with Crippen molar-refractivity contribution in [2.75, 3.05) is 18.1 Å². The fourth-order valence-electron chi connectivity index (χ4n) is 2.65. The van der Waals surface area contributed by atoms with Gasteiger partial charge in [-0.25, -0.2) is 9.97 Å². The van der Waals surface area contributed by atoms with E-state index in [0.29, 0.717) is 0 Å². The van der Waals surface area contributed by atoms with Gasteiger partial charge in [-0.1, -0.05) is 0 Å². The van der Waals surface area contributed by atoms with Gasteiger partial charge in [0.2, 0.25) is 0 Å². The van der Waals surface area contributed by atoms with E-state index in [1.807, 2.05) is 7.05 Å². The van der Waals surface area contributed by atoms with Gasteiger partial charge < -0.3 is 10.0 Å². The standard InChI is InChI=1S/C12H17N5O/c1-16-11-10(6-15-16)12(14-8-13-11)17-5-3-2-4-9(17)7-18/h6,8-9,18H,2-5,7H2,1H3/t9-/m1/s1. The van der Waals surface area contributed by atoms with E-state index in [0.717, 1.165) is 36.2 Å². The quantitative estimate of drug-likeness (QED) is 0.846. The van der Waals surface area contributed by atoms with E-state index in [1.54, 1.807) is 17.2 Å². The van der Waals surface area contributed by atoms with Crippen molar-refractivity contribution in [3.05, 3.63) is 12.5 Å². The Morgan fingerprint density at radius 1 is 1.39 bits per heavy atom. The summed E-state index contributed by atoms with van der Waals surface area (Å²) in [6.45, 7) is 1.11. The van der Waals surface area contributed by atoms with Crippen LogP contribution in [0.3, 0.4) is 0 Å². The number of nitrogens with zero attached hydrogens (tertiary/aromatic N) is 5. The number of aliphatic hydroxyl groups excluding tert-OH is 1. The van der Waals surface area contributed by atoms with Gasteiger partial charge in [0.05, 0.1) is 24.2 Å². The second-order valence-corrected chi connectivity index (χ2v) is 4.73. The van der Waals surface area contributed by atoms with Gasteiger partial charge in [0.15, 0.2) is 5.65 Å². The average molecular weight is 247 g/mol. The molecule has 1 saturated heterocycles. The average Bonchev–Trinajstić information content (AvgIpc) is 2.81. The van der Waals surface area contributed by atoms with Crippen LogP contribution in [-0.4, -0.2) is 44.0 Å². The number of hydrogen-bond acceptors (Lipinski definition) is 5. The summed E-state index contributed by atoms with van der Waals surface area (Å²) in [5.74, 6) is 0.895. The lowest BCUT2D eigenvalue weighted by Gasteiger charge is -2.35. The molecule has 1 atom stereocenters. The molecular formula is C12H17N5O. The molecule has 0 amide bonds. The van der Waals surface area contributed by atoms with Crippen LogP contribution in [0, 0.1) is 0 Å². The zero-order valence-corrected chi connectivity index (χ0v) is 10.5. The molecule has 1 aliphatic rings. The summed E-state index contributed by atoms with van der Waals surface area (Å²) < 4.78 is 1.75. The maximum absolute atomic E-state index is 9.49. The number of rotatable bonds is 2. The number of fused-ring (bicyclic) bond motifs is 1. The second-order valence-electron chi connectivity index (χ2n) is 4.73. The molecule has 0 bridgehead atoms. The SMILES string of the molecule is Cn1ncc2c(N3CCCC[C@@H]3CO)ncnc21. The lowest BCUT2D eigenvalue weighted by molar-refractivity contribution is 0.239. The minimum Gasteiger partial charge on any atom is -0.394 e. The Bertz CT molecular complexity index is 552. The predicted octanol–water partition coefficient (Wildman–Crippen LogP) is 0.715. The highest BCUT2D eigenvalue weighted by atomic mass is 16.3. The van der Waals surface area contributed by atoms with Crippen LogP contribution in [0.2, 0.25) is 0 Å². The molecule has 0 saturated carbocycles. The van der Waals surface area contributed by atoms with Gasteiger partial charge in [-0.2, -0.15) is 5.10 Å². The largest absolute Gasteiger partial charge is 0.394 e. The third kappa shape index (κ3) is 1.73. The first-order valence-corrected chi connectivity index (χ1v) is 6.31. The molecule has 1 fully saturated rings. The zero-order valence-electron chi connectivity index (χ0n) is 10.5. The Balaban J connectivity index is 2.07. The van der Waals surface area contributed by atoms with E-state index in [4.69, 9.17) is 0 Å². The molecule has 0 spiro atoms. The van der Waals surface area contributed by atoms with E-state index in [9.17, 15) is 5.11 Å². The molecular weight excluding hydrogens is 230 g/mol. The molecule has 96 valence electrons. The molecule has 0 radical (unpaired) electrons. The van der Waals surface area contributed by atoms with Crippen molar-refractivity contribution in [3.63, 3.8) is 0 Å². The Hall–Kier alpha value is -1.69. The van der Waals surface area contributed by atoms with Crippen molar-refractivity contribution in [2.24, 2.45) is 7.05 Å². The normalized spacial score (nSPS) is 20.6. The first-order valence-electron chi connectivity index (χ1n) is 6.31. The monoisotopic (exact) mass is 247 g/mol. The van der Waals surface area contributed by atoms with Crippen LogP contribution >= 0.6 is 0 Å². The summed E-state index contributed by atoms with van der Waals surface area (Å²) in [5.41, 5.74) is 0.835. The maximum atomic E-state index is 9.49. The van der Waals surface area contributed by atoms with Crippen molar-refractivity contribution in [3.8, 4) is 0 Å². The highest BCUT2D eigenvalue weighted by Crippen LogP contribution is 2.28. The van der Waals surface area contributed by atoms with E-state index < -0.39 is 0 Å². The lowest BCUT2D eigenvalue weighted by atomic mass is 10.0. The number of aryl methyl sites for hydroxylation is 1. The molecule has 18 heavy (non-hydrogen) atoms. The molecule has 3 heterocycles. The van der Waals surface area contributed by atoms with Crippen LogP contribution in [0.15, 0.2) is 12.5 Å². The lowest BCUT2D eigenvalue weighted by Crippen LogP contribution is -2.42. The highest BCUT2D eigenvalue weighted by molar-refractivity contribution is 5.86. The Labute approximate surface area is 105 Å². The predicted molar refractivity (Wildman–Crippen MR) is 68.4 cm³/mol. The van der Waals surface area contributed by atoms with E-state index >= 15 is 0 Å². The Morgan fingerprint density at radius 2 is 2.28 bits per heavy atom. The minimum absolute atomic E-state index is 0.164. The molecule has 2 aromatic rings. The minimum atomic E-state index is 0.164. The van der Waals surface area contributed by atoms with E-state index in [1.165, 1.54) is 6.42 Å². The molecule has 0 unspecified atom stereocenters. The van der Waals surface area contributed by atoms with Crippen LogP contribution in [0.5, 0.6) is 0 Å². The topological polar surface area (TPSA) is 67.1 Å². The first kappa shape index (κ1) is 11.4. The summed E-state index contributed by atoms with van der Waals surface area (Å²) in [6, 6.07) is 0.164. The number of aliphatic hydroxyl groups is 1. The van der Waals surface area contributed by atoms with Crippen LogP contribution in [0.4, 0.5) is 5.82 Å². The smallest absolute Gasteiger partial charge is 0.163 e. The number of anilines is 1. The third-order valence-corrected chi connectivity index (χ3v) is 3.62. The van der Waals surface area contributed by atoms with Gasteiger partial charge >= 0.3 is 0 Å². The van der Waals surface area contributed by atoms with Gasteiger partial charge in [0, 0.05) is 13.6 Å². The number of piperidine rings is 1. The molecule has 2 aromatic heterocycles. The van der Waals surface area contributed by atoms with Crippen molar-refractivity contribution < 1.29 is 5.11 Å². The molecule has 1 N–H and O–H groups in total. The maximum Gasteiger partial charge on any atom is 0.163 e. The third-order valence-electron chi connectivity index (χ3n) is 3.62. The van der Waals surface area contributed by atoms with Gasteiger partial charge in [-0.05, 0) is 19.3 Å². The van der Waals surface area contributed by atoms with Crippen molar-refractivity contribution in [2.45, 2.75) is 25.3 Å². The summed E-state index contributed by atoms with van der Waals surface area (Å²) in [6.07, 6.45) is 6.70. The van der Waals surface area contributed by atoms with Gasteiger partial charge in [0.1, 0.15) is 12.1 Å². The van der Waals surface area contributed by atoms with Crippen molar-refractivity contribution in [1.82, 2.24) is 19.7 Å². The fourth-order valence-corrected chi connectivity index (χ4v) is 2.65. The van der Waals surface area contributed by atoms with Crippen LogP contribution in [0.25, 0.3) is 11.0 Å². The second kappa shape index (κ2) is 4.53. The zero-order chi connectivity index (χ0) is 12.5. The molecule has 6 heteroatoms. The molecule has 3 rings (SSSR count). The Kier molecular flexibility index (Phi) is 2.87. The van der Waals surface area contributed by atoms with Crippen molar-refractivity contribution in [1.29, 1.82) is 0 Å². The molecule has 0 aromatic carbocycles. The van der Waals surface area contributed by atoms with E-state index in [2.05, 4.69) is 20.0 Å². The van der Waals surface area contributed by atoms with Gasteiger partial charge in [0.25, 0.3) is 0 Å². The first-order chi connectivity index (χ1) is 8.81. The van der Waals surface area contributed by atoms with Crippen molar-refractivity contribution >= 4 is 16.9 Å². The summed E-state index contributed by atoms with van der Waals surface area (Å²) in [5, 5.41) is 14.7. The highest BCUT2D eigenvalue weighted by Gasteiger charge is 2.25. The molecule has 6 nitrogen and oxygen atoms in total. The fraction of sp³-hybridized carbons (Fsp3) is 0.583. The van der Waals surface area contributed by atoms with Gasteiger partial charge in [-0.15, -0.1) is 0 Å². The number of hydrogen-bond donors (Lipinski definition) is 1. The summed E-state index contributed by atoms with van der Waals surface area (Å²) in [4.78, 5) is 10.8.